The van der Waals surface area contributed by atoms with Gasteiger partial charge in [-0.2, -0.15) is 0 Å². The number of methoxy groups -OCH3 is 1. The zero-order chi connectivity index (χ0) is 22.1. The Morgan fingerprint density at radius 2 is 1.87 bits per heavy atom. The molecule has 0 bridgehead atoms. The van der Waals surface area contributed by atoms with Gasteiger partial charge in [-0.25, -0.2) is 9.59 Å². The Kier molecular flexibility index (Phi) is 8.20. The van der Waals surface area contributed by atoms with Crippen molar-refractivity contribution in [2.45, 2.75) is 39.4 Å². The second kappa shape index (κ2) is 10.6. The minimum atomic E-state index is -1.32. The van der Waals surface area contributed by atoms with Crippen LogP contribution in [0.2, 0.25) is 0 Å². The molecule has 0 radical (unpaired) electrons. The minimum Gasteiger partial charge on any atom is -0.477 e. The summed E-state index contributed by atoms with van der Waals surface area (Å²) in [5.74, 6) is -0.393. The number of ether oxygens (including phenoxy) is 3. The van der Waals surface area contributed by atoms with E-state index in [4.69, 9.17) is 18.6 Å². The molecule has 162 valence electrons. The fourth-order valence-corrected chi connectivity index (χ4v) is 2.66. The first kappa shape index (κ1) is 23.2. The van der Waals surface area contributed by atoms with E-state index in [1.807, 2.05) is 39.0 Å². The Morgan fingerprint density at radius 3 is 2.47 bits per heavy atom. The summed E-state index contributed by atoms with van der Waals surface area (Å²) < 4.78 is 21.2. The molecule has 8 nitrogen and oxygen atoms in total. The molecule has 0 aliphatic rings. The number of benzene rings is 1. The lowest BCUT2D eigenvalue weighted by Gasteiger charge is -2.17. The van der Waals surface area contributed by atoms with E-state index in [9.17, 15) is 14.7 Å². The maximum atomic E-state index is 12.0. The molecule has 0 atom stereocenters. The van der Waals surface area contributed by atoms with Gasteiger partial charge in [-0.1, -0.05) is 51.1 Å². The van der Waals surface area contributed by atoms with Crippen LogP contribution in [0.4, 0.5) is 4.79 Å². The molecule has 0 aliphatic heterocycles. The number of hydrogen-bond donors (Lipinski definition) is 2. The predicted molar refractivity (Wildman–Crippen MR) is 109 cm³/mol. The Bertz CT molecular complexity index is 879. The van der Waals surface area contributed by atoms with Gasteiger partial charge in [0, 0.05) is 24.2 Å². The van der Waals surface area contributed by atoms with Gasteiger partial charge in [-0.05, 0) is 11.6 Å². The number of alkyl carbamates (subject to hydrolysis) is 1. The summed E-state index contributed by atoms with van der Waals surface area (Å²) in [6.45, 7) is 6.29. The molecule has 2 N–H and O–H groups in total. The van der Waals surface area contributed by atoms with Crippen LogP contribution in [0.1, 0.15) is 43.4 Å². The van der Waals surface area contributed by atoms with Crippen LogP contribution in [-0.2, 0) is 37.6 Å². The second-order valence-electron chi connectivity index (χ2n) is 7.56. The molecular weight excluding hydrogens is 390 g/mol. The first-order valence-corrected chi connectivity index (χ1v) is 9.33. The summed E-state index contributed by atoms with van der Waals surface area (Å²) in [5.41, 5.74) is 0.854. The van der Waals surface area contributed by atoms with E-state index >= 15 is 0 Å². The molecule has 0 spiro atoms. The number of hydrogen-bond acceptors (Lipinski definition) is 6. The highest BCUT2D eigenvalue weighted by molar-refractivity contribution is 5.95. The number of aliphatic carboxylic acids is 1. The lowest BCUT2D eigenvalue weighted by Crippen LogP contribution is -2.27. The van der Waals surface area contributed by atoms with Crippen molar-refractivity contribution >= 4 is 18.1 Å². The quantitative estimate of drug-likeness (QED) is 0.360. The van der Waals surface area contributed by atoms with E-state index in [-0.39, 0.29) is 36.9 Å². The number of amides is 1. The third kappa shape index (κ3) is 7.06. The minimum absolute atomic E-state index is 0.0233. The first-order chi connectivity index (χ1) is 14.2. The zero-order valence-electron chi connectivity index (χ0n) is 17.6. The summed E-state index contributed by atoms with van der Waals surface area (Å²) in [4.78, 5) is 23.6. The van der Waals surface area contributed by atoms with Gasteiger partial charge in [0.05, 0.1) is 6.61 Å². The van der Waals surface area contributed by atoms with E-state index in [0.717, 1.165) is 11.1 Å². The SMILES string of the molecule is COCOCc1cc(/C=C(/NC(=O)OCc2ccccc2)C(=O)O)oc1C(C)(C)C. The number of nitrogens with one attached hydrogen (secondary N) is 1. The summed E-state index contributed by atoms with van der Waals surface area (Å²) in [5, 5.41) is 11.7. The molecule has 8 heteroatoms. The van der Waals surface area contributed by atoms with E-state index in [0.29, 0.717) is 5.76 Å². The number of carboxylic acids is 1. The van der Waals surface area contributed by atoms with Crippen molar-refractivity contribution < 1.29 is 33.3 Å². The molecule has 1 heterocycles. The Labute approximate surface area is 175 Å². The van der Waals surface area contributed by atoms with Crippen molar-refractivity contribution in [1.29, 1.82) is 0 Å². The zero-order valence-corrected chi connectivity index (χ0v) is 17.6. The molecule has 0 fully saturated rings. The second-order valence-corrected chi connectivity index (χ2v) is 7.56. The van der Waals surface area contributed by atoms with E-state index < -0.39 is 12.1 Å². The summed E-state index contributed by atoms with van der Waals surface area (Å²) in [6.07, 6.45) is 0.361. The monoisotopic (exact) mass is 417 g/mol. The van der Waals surface area contributed by atoms with Crippen LogP contribution in [0.25, 0.3) is 6.08 Å². The number of carboxylic acid groups (broad SMARTS) is 1. The average molecular weight is 417 g/mol. The topological polar surface area (TPSA) is 107 Å². The number of furan rings is 1. The van der Waals surface area contributed by atoms with Crippen molar-refractivity contribution in [3.63, 3.8) is 0 Å². The fourth-order valence-electron chi connectivity index (χ4n) is 2.66. The van der Waals surface area contributed by atoms with Crippen molar-refractivity contribution in [3.05, 3.63) is 64.7 Å². The lowest BCUT2D eigenvalue weighted by atomic mass is 9.91. The fraction of sp³-hybridized carbons (Fsp3) is 0.364. The Balaban J connectivity index is 2.15. The normalized spacial score (nSPS) is 11.9. The third-order valence-corrected chi connectivity index (χ3v) is 3.93. The van der Waals surface area contributed by atoms with Crippen molar-refractivity contribution in [1.82, 2.24) is 5.32 Å². The summed E-state index contributed by atoms with van der Waals surface area (Å²) in [7, 11) is 1.52. The lowest BCUT2D eigenvalue weighted by molar-refractivity contribution is -0.132. The highest BCUT2D eigenvalue weighted by atomic mass is 16.7. The van der Waals surface area contributed by atoms with Crippen molar-refractivity contribution in [3.8, 4) is 0 Å². The van der Waals surface area contributed by atoms with Crippen LogP contribution in [-0.4, -0.2) is 31.1 Å². The van der Waals surface area contributed by atoms with Crippen molar-refractivity contribution in [2.75, 3.05) is 13.9 Å². The smallest absolute Gasteiger partial charge is 0.412 e. The average Bonchev–Trinajstić information content (AvgIpc) is 3.10. The summed E-state index contributed by atoms with van der Waals surface area (Å²) >= 11 is 0. The van der Waals surface area contributed by atoms with Crippen LogP contribution < -0.4 is 5.32 Å². The van der Waals surface area contributed by atoms with Gasteiger partial charge in [-0.15, -0.1) is 0 Å². The molecule has 1 aromatic heterocycles. The van der Waals surface area contributed by atoms with Gasteiger partial charge >= 0.3 is 12.1 Å². The molecule has 2 rings (SSSR count). The molecule has 0 saturated carbocycles. The van der Waals surface area contributed by atoms with Crippen LogP contribution in [0.15, 0.2) is 46.5 Å². The van der Waals surface area contributed by atoms with Crippen LogP contribution in [0, 0.1) is 0 Å². The molecule has 0 saturated heterocycles. The molecule has 0 aliphatic carbocycles. The third-order valence-electron chi connectivity index (χ3n) is 3.93. The van der Waals surface area contributed by atoms with Gasteiger partial charge in [0.2, 0.25) is 0 Å². The molecular formula is C22H27NO7. The van der Waals surface area contributed by atoms with Crippen LogP contribution in [0.3, 0.4) is 0 Å². The van der Waals surface area contributed by atoms with E-state index in [1.165, 1.54) is 13.2 Å². The largest absolute Gasteiger partial charge is 0.477 e. The number of carbonyl (C=O) groups excluding carboxylic acids is 1. The molecule has 1 amide bonds. The van der Waals surface area contributed by atoms with Gasteiger partial charge in [0.15, 0.2) is 0 Å². The standard InChI is InChI=1S/C22H27NO7/c1-22(2,3)19-16(13-28-14-27-4)10-17(30-19)11-18(20(24)25)23-21(26)29-12-15-8-6-5-7-9-15/h5-11H,12-14H2,1-4H3,(H,23,26)(H,24,25)/b18-11+. The van der Waals surface area contributed by atoms with E-state index in [2.05, 4.69) is 5.32 Å². The maximum absolute atomic E-state index is 12.0. The molecule has 2 aromatic rings. The first-order valence-electron chi connectivity index (χ1n) is 9.33. The molecule has 1 aromatic carbocycles. The molecule has 30 heavy (non-hydrogen) atoms. The molecule has 0 unspecified atom stereocenters. The van der Waals surface area contributed by atoms with Gasteiger partial charge in [0.1, 0.15) is 30.6 Å². The van der Waals surface area contributed by atoms with Gasteiger partial charge < -0.3 is 23.7 Å². The Hall–Kier alpha value is -3.10. The van der Waals surface area contributed by atoms with Crippen molar-refractivity contribution in [2.24, 2.45) is 0 Å². The number of rotatable bonds is 9. The van der Waals surface area contributed by atoms with E-state index in [1.54, 1.807) is 18.2 Å². The van der Waals surface area contributed by atoms with Crippen LogP contribution in [0.5, 0.6) is 0 Å². The van der Waals surface area contributed by atoms with Gasteiger partial charge in [-0.3, -0.25) is 5.32 Å². The summed E-state index contributed by atoms with van der Waals surface area (Å²) in [6, 6.07) is 10.7. The highest BCUT2D eigenvalue weighted by Crippen LogP contribution is 2.30. The maximum Gasteiger partial charge on any atom is 0.412 e. The predicted octanol–water partition coefficient (Wildman–Crippen LogP) is 4.05. The Morgan fingerprint density at radius 1 is 1.17 bits per heavy atom. The highest BCUT2D eigenvalue weighted by Gasteiger charge is 2.24. The number of carbonyl (C=O) groups is 2. The van der Waals surface area contributed by atoms with Crippen LogP contribution >= 0.6 is 0 Å². The van der Waals surface area contributed by atoms with Gasteiger partial charge in [0.25, 0.3) is 0 Å².